The van der Waals surface area contributed by atoms with E-state index in [0.29, 0.717) is 18.1 Å². The molecule has 0 spiro atoms. The van der Waals surface area contributed by atoms with Crippen molar-refractivity contribution < 1.29 is 13.5 Å². The summed E-state index contributed by atoms with van der Waals surface area (Å²) in [4.78, 5) is 3.72. The van der Waals surface area contributed by atoms with Crippen molar-refractivity contribution >= 4 is 5.76 Å². The topological polar surface area (TPSA) is 22.1 Å². The van der Waals surface area contributed by atoms with E-state index in [9.17, 15) is 8.78 Å². The minimum absolute atomic E-state index is 0.261. The fraction of sp³-hybridized carbons (Fsp3) is 0.300. The minimum atomic E-state index is -2.57. The van der Waals surface area contributed by atoms with Gasteiger partial charge in [0.2, 0.25) is 0 Å². The van der Waals surface area contributed by atoms with E-state index >= 15 is 0 Å². The Morgan fingerprint density at radius 2 is 2.29 bits per heavy atom. The molecule has 0 saturated heterocycles. The van der Waals surface area contributed by atoms with Crippen LogP contribution in [0.25, 0.3) is 5.76 Å². The van der Waals surface area contributed by atoms with Gasteiger partial charge in [0.15, 0.2) is 0 Å². The van der Waals surface area contributed by atoms with E-state index in [0.717, 1.165) is 0 Å². The third-order valence-electron chi connectivity index (χ3n) is 1.60. The number of hydrogen-bond acceptors (Lipinski definition) is 2. The lowest BCUT2D eigenvalue weighted by Gasteiger charge is -2.07. The van der Waals surface area contributed by atoms with Crippen LogP contribution in [0.1, 0.15) is 24.7 Å². The summed E-state index contributed by atoms with van der Waals surface area (Å²) in [6.45, 7) is 5.82. The summed E-state index contributed by atoms with van der Waals surface area (Å²) in [6, 6.07) is 4.37. The zero-order chi connectivity index (χ0) is 10.6. The van der Waals surface area contributed by atoms with E-state index in [-0.39, 0.29) is 5.69 Å². The highest BCUT2D eigenvalue weighted by molar-refractivity contribution is 5.53. The molecule has 76 valence electrons. The van der Waals surface area contributed by atoms with Gasteiger partial charge in [-0.15, -0.1) is 0 Å². The maximum absolute atomic E-state index is 12.3. The number of hydrogen-bond donors (Lipinski definition) is 0. The highest BCUT2D eigenvalue weighted by Gasteiger charge is 2.10. The van der Waals surface area contributed by atoms with Crippen LogP contribution in [0.15, 0.2) is 24.8 Å². The van der Waals surface area contributed by atoms with Crippen LogP contribution in [-0.4, -0.2) is 11.6 Å². The van der Waals surface area contributed by atoms with Crippen molar-refractivity contribution in [3.63, 3.8) is 0 Å². The van der Waals surface area contributed by atoms with E-state index in [4.69, 9.17) is 4.74 Å². The van der Waals surface area contributed by atoms with Crippen LogP contribution in [0.3, 0.4) is 0 Å². The van der Waals surface area contributed by atoms with E-state index in [1.165, 1.54) is 12.1 Å². The molecule has 2 nitrogen and oxygen atoms in total. The maximum atomic E-state index is 12.3. The average molecular weight is 199 g/mol. The fourth-order valence-electron chi connectivity index (χ4n) is 0.976. The van der Waals surface area contributed by atoms with Crippen molar-refractivity contribution in [1.82, 2.24) is 4.98 Å². The first-order chi connectivity index (χ1) is 6.65. The normalized spacial score (nSPS) is 10.3. The predicted molar refractivity (Wildman–Crippen MR) is 49.9 cm³/mol. The third kappa shape index (κ3) is 2.52. The van der Waals surface area contributed by atoms with Gasteiger partial charge in [-0.1, -0.05) is 12.6 Å². The Hall–Kier alpha value is -1.45. The molecule has 0 amide bonds. The molecular weight excluding hydrogens is 188 g/mol. The lowest BCUT2D eigenvalue weighted by molar-refractivity contribution is 0.146. The van der Waals surface area contributed by atoms with Gasteiger partial charge in [0.05, 0.1) is 6.61 Å². The Kier molecular flexibility index (Phi) is 3.56. The Morgan fingerprint density at radius 3 is 2.86 bits per heavy atom. The van der Waals surface area contributed by atoms with Crippen LogP contribution in [0.5, 0.6) is 0 Å². The van der Waals surface area contributed by atoms with Crippen LogP contribution in [-0.2, 0) is 4.74 Å². The summed E-state index contributed by atoms with van der Waals surface area (Å²) in [7, 11) is 0. The van der Waals surface area contributed by atoms with Gasteiger partial charge in [0, 0.05) is 0 Å². The summed E-state index contributed by atoms with van der Waals surface area (Å²) >= 11 is 0. The molecule has 0 atom stereocenters. The Bertz CT molecular complexity index is 326. The van der Waals surface area contributed by atoms with Crippen molar-refractivity contribution in [2.24, 2.45) is 0 Å². The Labute approximate surface area is 81.2 Å². The van der Waals surface area contributed by atoms with Crippen LogP contribution >= 0.6 is 0 Å². The standard InChI is InChI=1S/C10H11F2NO/c1-3-14-7(2)8-5-4-6-9(13-8)10(11)12/h4-6,10H,2-3H2,1H3. The smallest absolute Gasteiger partial charge is 0.280 e. The number of halogens is 2. The van der Waals surface area contributed by atoms with Gasteiger partial charge in [-0.05, 0) is 19.1 Å². The minimum Gasteiger partial charge on any atom is -0.492 e. The largest absolute Gasteiger partial charge is 0.492 e. The predicted octanol–water partition coefficient (Wildman–Crippen LogP) is 3.03. The van der Waals surface area contributed by atoms with Crippen molar-refractivity contribution in [3.05, 3.63) is 36.2 Å². The van der Waals surface area contributed by atoms with Gasteiger partial charge in [0.25, 0.3) is 6.43 Å². The summed E-state index contributed by atoms with van der Waals surface area (Å²) in [5.74, 6) is 0.315. The lowest BCUT2D eigenvalue weighted by atomic mass is 10.3. The molecule has 14 heavy (non-hydrogen) atoms. The van der Waals surface area contributed by atoms with Gasteiger partial charge in [-0.2, -0.15) is 0 Å². The van der Waals surface area contributed by atoms with Crippen LogP contribution in [0.2, 0.25) is 0 Å². The molecule has 4 heteroatoms. The number of rotatable bonds is 4. The van der Waals surface area contributed by atoms with Crippen LogP contribution in [0.4, 0.5) is 8.78 Å². The zero-order valence-corrected chi connectivity index (χ0v) is 7.84. The molecule has 0 bridgehead atoms. The van der Waals surface area contributed by atoms with E-state index < -0.39 is 6.43 Å². The van der Waals surface area contributed by atoms with Crippen molar-refractivity contribution in [2.75, 3.05) is 6.61 Å². The number of ether oxygens (including phenoxy) is 1. The SMILES string of the molecule is C=C(OCC)c1cccc(C(F)F)n1. The van der Waals surface area contributed by atoms with Crippen LogP contribution in [0, 0.1) is 0 Å². The zero-order valence-electron chi connectivity index (χ0n) is 7.84. The van der Waals surface area contributed by atoms with Gasteiger partial charge in [-0.3, -0.25) is 0 Å². The van der Waals surface area contributed by atoms with Gasteiger partial charge >= 0.3 is 0 Å². The second-order valence-corrected chi connectivity index (χ2v) is 2.60. The molecule has 1 aromatic rings. The molecule has 0 aliphatic carbocycles. The highest BCUT2D eigenvalue weighted by Crippen LogP contribution is 2.18. The highest BCUT2D eigenvalue weighted by atomic mass is 19.3. The second-order valence-electron chi connectivity index (χ2n) is 2.60. The molecule has 0 N–H and O–H groups in total. The molecular formula is C10H11F2NO. The van der Waals surface area contributed by atoms with Crippen LogP contribution < -0.4 is 0 Å². The molecule has 0 aromatic carbocycles. The van der Waals surface area contributed by atoms with Gasteiger partial charge < -0.3 is 4.74 Å². The quantitative estimate of drug-likeness (QED) is 0.695. The fourth-order valence-corrected chi connectivity index (χ4v) is 0.976. The lowest BCUT2D eigenvalue weighted by Crippen LogP contribution is -1.97. The molecule has 0 aliphatic heterocycles. The molecule has 0 saturated carbocycles. The second kappa shape index (κ2) is 4.69. The Morgan fingerprint density at radius 1 is 1.57 bits per heavy atom. The first kappa shape index (κ1) is 10.6. The summed E-state index contributed by atoms with van der Waals surface area (Å²) in [6.07, 6.45) is -2.57. The average Bonchev–Trinajstić information content (AvgIpc) is 2.18. The molecule has 1 rings (SSSR count). The molecule has 0 aliphatic rings. The van der Waals surface area contributed by atoms with Crippen molar-refractivity contribution in [1.29, 1.82) is 0 Å². The van der Waals surface area contributed by atoms with Gasteiger partial charge in [-0.25, -0.2) is 13.8 Å². The molecule has 1 heterocycles. The first-order valence-electron chi connectivity index (χ1n) is 4.22. The van der Waals surface area contributed by atoms with Crippen molar-refractivity contribution in [3.8, 4) is 0 Å². The molecule has 0 fully saturated rings. The first-order valence-corrected chi connectivity index (χ1v) is 4.22. The molecule has 0 unspecified atom stereocenters. The molecule has 0 radical (unpaired) electrons. The summed E-state index contributed by atoms with van der Waals surface area (Å²) in [5.41, 5.74) is 0.0907. The monoisotopic (exact) mass is 199 g/mol. The number of pyridine rings is 1. The number of alkyl halides is 2. The van der Waals surface area contributed by atoms with E-state index in [1.54, 1.807) is 13.0 Å². The van der Waals surface area contributed by atoms with E-state index in [2.05, 4.69) is 11.6 Å². The maximum Gasteiger partial charge on any atom is 0.280 e. The molecule has 1 aromatic heterocycles. The number of aromatic nitrogens is 1. The van der Waals surface area contributed by atoms with E-state index in [1.807, 2.05) is 0 Å². The van der Waals surface area contributed by atoms with Crippen molar-refractivity contribution in [2.45, 2.75) is 13.3 Å². The van der Waals surface area contributed by atoms with Gasteiger partial charge in [0.1, 0.15) is 17.1 Å². The third-order valence-corrected chi connectivity index (χ3v) is 1.60. The number of nitrogens with zero attached hydrogens (tertiary/aromatic N) is 1. The Balaban J connectivity index is 2.88. The summed E-state index contributed by atoms with van der Waals surface area (Å²) < 4.78 is 29.6. The summed E-state index contributed by atoms with van der Waals surface area (Å²) in [5, 5.41) is 0.